The van der Waals surface area contributed by atoms with E-state index in [-0.39, 0.29) is 39.2 Å². The molecule has 0 amide bonds. The van der Waals surface area contributed by atoms with Crippen LogP contribution < -0.4 is 31.1 Å². The molecule has 2 aliphatic carbocycles. The summed E-state index contributed by atoms with van der Waals surface area (Å²) >= 11 is 0. The highest BCUT2D eigenvalue weighted by atomic mass is 15.2. The topological polar surface area (TPSA) is 9.72 Å². The average Bonchev–Trinajstić information content (AvgIpc) is 3.58. The Morgan fingerprint density at radius 3 is 1.46 bits per heavy atom. The zero-order chi connectivity index (χ0) is 56.9. The molecule has 0 unspecified atom stereocenters. The summed E-state index contributed by atoms with van der Waals surface area (Å²) in [4.78, 5) is 7.87. The van der Waals surface area contributed by atoms with Crippen molar-refractivity contribution in [3.05, 3.63) is 227 Å². The van der Waals surface area contributed by atoms with Crippen LogP contribution in [0.4, 0.5) is 51.2 Å². The second-order valence-electron chi connectivity index (χ2n) is 29.0. The van der Waals surface area contributed by atoms with Crippen LogP contribution in [0.5, 0.6) is 0 Å². The Labute approximate surface area is 484 Å². The fraction of sp³-hybridized carbons (Fsp3) is 0.299. The molecule has 0 aromatic heterocycles. The van der Waals surface area contributed by atoms with Gasteiger partial charge in [-0.25, -0.2) is 0 Å². The fourth-order valence-electron chi connectivity index (χ4n) is 15.4. The Morgan fingerprint density at radius 2 is 0.864 bits per heavy atom. The third-order valence-electron chi connectivity index (χ3n) is 19.0. The van der Waals surface area contributed by atoms with Gasteiger partial charge in [-0.3, -0.25) is 0 Å². The van der Waals surface area contributed by atoms with Crippen LogP contribution in [0.3, 0.4) is 0 Å². The van der Waals surface area contributed by atoms with Crippen molar-refractivity contribution in [2.45, 2.75) is 149 Å². The van der Waals surface area contributed by atoms with Gasteiger partial charge in [0, 0.05) is 45.4 Å². The fourth-order valence-corrected chi connectivity index (χ4v) is 15.4. The van der Waals surface area contributed by atoms with Gasteiger partial charge >= 0.3 is 0 Å². The maximum absolute atomic E-state index is 2.73. The van der Waals surface area contributed by atoms with Gasteiger partial charge in [0.15, 0.2) is 0 Å². The van der Waals surface area contributed by atoms with Crippen LogP contribution in [0.2, 0.25) is 0 Å². The monoisotopic (exact) mass is 1060 g/mol. The van der Waals surface area contributed by atoms with E-state index in [1.807, 2.05) is 0 Å². The number of aryl methyl sites for hydroxylation is 1. The molecule has 81 heavy (non-hydrogen) atoms. The SMILES string of the molecule is Cc1ccc(C(C)(C)C)cc1N1c2cc(-c3ccccc3)ccc2B2c3cc4c(cc3N(c3ccc(C(C)(C)C)cc3-c3ccc5c(c3)C(C)(C)CC5(C)C)c3cc(N(c5ccccc5)c5ccccc5)cc1c32)C(C)(C)CC4(C)C. The summed E-state index contributed by atoms with van der Waals surface area (Å²) in [6, 6.07) is 72.9. The third-order valence-corrected chi connectivity index (χ3v) is 19.0. The molecule has 0 saturated heterocycles. The zero-order valence-corrected chi connectivity index (χ0v) is 50.7. The molecular formula is C77H80BN3. The number of fused-ring (bicyclic) bond motifs is 6. The number of anilines is 9. The summed E-state index contributed by atoms with van der Waals surface area (Å²) in [5.41, 5.74) is 29.2. The molecule has 0 saturated carbocycles. The molecule has 9 aromatic rings. The van der Waals surface area contributed by atoms with Gasteiger partial charge in [-0.1, -0.05) is 218 Å². The lowest BCUT2D eigenvalue weighted by molar-refractivity contribution is 0.403. The Bertz CT molecular complexity index is 3940. The van der Waals surface area contributed by atoms with Gasteiger partial charge in [-0.2, -0.15) is 0 Å². The second kappa shape index (κ2) is 18.2. The number of hydrogen-bond acceptors (Lipinski definition) is 3. The van der Waals surface area contributed by atoms with Crippen LogP contribution in [0.1, 0.15) is 149 Å². The van der Waals surface area contributed by atoms with Crippen LogP contribution >= 0.6 is 0 Å². The molecule has 9 aromatic carbocycles. The lowest BCUT2D eigenvalue weighted by atomic mass is 9.33. The van der Waals surface area contributed by atoms with Gasteiger partial charge in [0.1, 0.15) is 0 Å². The lowest BCUT2D eigenvalue weighted by Crippen LogP contribution is -2.61. The predicted molar refractivity (Wildman–Crippen MR) is 349 cm³/mol. The molecular weight excluding hydrogens is 978 g/mol. The predicted octanol–water partition coefficient (Wildman–Crippen LogP) is 19.4. The Balaban J connectivity index is 1.21. The van der Waals surface area contributed by atoms with Crippen molar-refractivity contribution in [3.8, 4) is 22.3 Å². The number of hydrogen-bond donors (Lipinski definition) is 0. The highest BCUT2D eigenvalue weighted by Crippen LogP contribution is 2.56. The molecule has 3 nitrogen and oxygen atoms in total. The number of rotatable bonds is 7. The highest BCUT2D eigenvalue weighted by Gasteiger charge is 2.49. The largest absolute Gasteiger partial charge is 0.311 e. The summed E-state index contributed by atoms with van der Waals surface area (Å²) < 4.78 is 0. The molecule has 0 radical (unpaired) electrons. The number of para-hydroxylation sites is 2. The minimum Gasteiger partial charge on any atom is -0.311 e. The average molecular weight is 1060 g/mol. The third kappa shape index (κ3) is 8.60. The van der Waals surface area contributed by atoms with Crippen LogP contribution in [0.25, 0.3) is 22.3 Å². The lowest BCUT2D eigenvalue weighted by Gasteiger charge is -2.46. The molecule has 0 bridgehead atoms. The van der Waals surface area contributed by atoms with E-state index in [1.54, 1.807) is 0 Å². The first kappa shape index (κ1) is 52.8. The van der Waals surface area contributed by atoms with Crippen molar-refractivity contribution >= 4 is 74.3 Å². The van der Waals surface area contributed by atoms with E-state index in [0.29, 0.717) is 0 Å². The quantitative estimate of drug-likeness (QED) is 0.147. The van der Waals surface area contributed by atoms with E-state index in [1.165, 1.54) is 112 Å². The van der Waals surface area contributed by atoms with Crippen molar-refractivity contribution in [2.75, 3.05) is 14.7 Å². The summed E-state index contributed by atoms with van der Waals surface area (Å²) in [7, 11) is 0. The minimum atomic E-state index is -0.0835. The Hall–Kier alpha value is -7.56. The van der Waals surface area contributed by atoms with Crippen molar-refractivity contribution in [3.63, 3.8) is 0 Å². The van der Waals surface area contributed by atoms with Gasteiger partial charge in [0.25, 0.3) is 6.71 Å². The normalized spacial score (nSPS) is 16.8. The molecule has 0 fully saturated rings. The molecule has 2 aliphatic heterocycles. The van der Waals surface area contributed by atoms with Crippen molar-refractivity contribution in [1.82, 2.24) is 0 Å². The van der Waals surface area contributed by atoms with E-state index in [9.17, 15) is 0 Å². The number of benzene rings is 9. The maximum atomic E-state index is 2.73. The standard InChI is InChI=1S/C77H80BN3/c1-49-31-34-54(73(5,6)7)42-66(49)81-67-40-51(50-25-19-16-20-26-50)33-37-63(67)78-64-45-61-62(77(14,15)48-76(61,12)13)46-68(64)80(69-43-57(44-70(81)71(69)78)79(55-27-21-17-22-28-55)56-29-23-18-24-30-56)65-38-35-53(72(2,3)4)41-58(65)52-32-36-59-60(39-52)75(10,11)47-74(59,8)9/h16-46H,47-48H2,1-15H3. The molecule has 0 atom stereocenters. The van der Waals surface area contributed by atoms with E-state index in [4.69, 9.17) is 0 Å². The number of nitrogens with zero attached hydrogens (tertiary/aromatic N) is 3. The van der Waals surface area contributed by atoms with E-state index in [0.717, 1.165) is 29.9 Å². The Morgan fingerprint density at radius 1 is 0.370 bits per heavy atom. The van der Waals surface area contributed by atoms with Gasteiger partial charge in [0.2, 0.25) is 0 Å². The van der Waals surface area contributed by atoms with E-state index in [2.05, 4.69) is 307 Å². The zero-order valence-electron chi connectivity index (χ0n) is 50.7. The van der Waals surface area contributed by atoms with Crippen LogP contribution in [0.15, 0.2) is 188 Å². The maximum Gasteiger partial charge on any atom is 0.252 e. The highest BCUT2D eigenvalue weighted by molar-refractivity contribution is 7.00. The van der Waals surface area contributed by atoms with Crippen LogP contribution in [-0.4, -0.2) is 6.71 Å². The molecule has 0 spiro atoms. The first-order valence-electron chi connectivity index (χ1n) is 29.8. The summed E-state index contributed by atoms with van der Waals surface area (Å²) in [6.07, 6.45) is 2.20. The Kier molecular flexibility index (Phi) is 11.9. The molecule has 13 rings (SSSR count). The smallest absolute Gasteiger partial charge is 0.252 e. The summed E-state index contributed by atoms with van der Waals surface area (Å²) in [5, 5.41) is 0. The minimum absolute atomic E-state index is 0.0206. The summed E-state index contributed by atoms with van der Waals surface area (Å²) in [6.45, 7) is 36.0. The first-order valence-corrected chi connectivity index (χ1v) is 29.8. The van der Waals surface area contributed by atoms with Gasteiger partial charge < -0.3 is 14.7 Å². The molecule has 4 heteroatoms. The van der Waals surface area contributed by atoms with Crippen LogP contribution in [0, 0.1) is 6.92 Å². The molecule has 0 N–H and O–H groups in total. The summed E-state index contributed by atoms with van der Waals surface area (Å²) in [5.74, 6) is 0. The first-order chi connectivity index (χ1) is 38.3. The van der Waals surface area contributed by atoms with Crippen LogP contribution in [-0.2, 0) is 32.5 Å². The van der Waals surface area contributed by atoms with Crippen molar-refractivity contribution < 1.29 is 0 Å². The van der Waals surface area contributed by atoms with Crippen molar-refractivity contribution in [1.29, 1.82) is 0 Å². The van der Waals surface area contributed by atoms with E-state index >= 15 is 0 Å². The van der Waals surface area contributed by atoms with Gasteiger partial charge in [0.05, 0.1) is 11.4 Å². The molecule has 2 heterocycles. The second-order valence-corrected chi connectivity index (χ2v) is 29.0. The van der Waals surface area contributed by atoms with E-state index < -0.39 is 0 Å². The van der Waals surface area contributed by atoms with Gasteiger partial charge in [-0.05, 0) is 191 Å². The molecule has 4 aliphatic rings. The van der Waals surface area contributed by atoms with Crippen molar-refractivity contribution in [2.24, 2.45) is 0 Å². The van der Waals surface area contributed by atoms with Gasteiger partial charge in [-0.15, -0.1) is 0 Å². The molecule has 406 valence electrons.